The summed E-state index contributed by atoms with van der Waals surface area (Å²) in [5.41, 5.74) is 0.322. The first-order valence-corrected chi connectivity index (χ1v) is 7.30. The van der Waals surface area contributed by atoms with E-state index in [1.807, 2.05) is 0 Å². The second kappa shape index (κ2) is 5.00. The summed E-state index contributed by atoms with van der Waals surface area (Å²) in [4.78, 5) is 24.4. The van der Waals surface area contributed by atoms with Crippen molar-refractivity contribution in [3.05, 3.63) is 24.3 Å². The van der Waals surface area contributed by atoms with Crippen molar-refractivity contribution in [3.63, 3.8) is 0 Å². The number of amides is 1. The number of methoxy groups -OCH3 is 1. The molecule has 1 aromatic rings. The predicted octanol–water partition coefficient (Wildman–Crippen LogP) is 0.370. The molecule has 7 heteroatoms. The van der Waals surface area contributed by atoms with Gasteiger partial charge in [-0.25, -0.2) is 8.42 Å². The van der Waals surface area contributed by atoms with E-state index in [0.29, 0.717) is 5.69 Å². The van der Waals surface area contributed by atoms with Crippen molar-refractivity contribution in [2.24, 2.45) is 0 Å². The molecule has 1 aromatic carbocycles. The maximum atomic E-state index is 11.9. The van der Waals surface area contributed by atoms with Gasteiger partial charge in [0, 0.05) is 6.54 Å². The van der Waals surface area contributed by atoms with Crippen LogP contribution in [0.4, 0.5) is 5.69 Å². The van der Waals surface area contributed by atoms with Gasteiger partial charge in [-0.05, 0) is 12.1 Å². The van der Waals surface area contributed by atoms with Crippen LogP contribution in [0.1, 0.15) is 6.42 Å². The smallest absolute Gasteiger partial charge is 0.307 e. The van der Waals surface area contributed by atoms with Gasteiger partial charge >= 0.3 is 5.97 Å². The van der Waals surface area contributed by atoms with Gasteiger partial charge in [-0.15, -0.1) is 0 Å². The molecule has 1 aliphatic heterocycles. The summed E-state index contributed by atoms with van der Waals surface area (Å²) >= 11 is 0. The Morgan fingerprint density at radius 1 is 1.37 bits per heavy atom. The van der Waals surface area contributed by atoms with Crippen LogP contribution in [-0.2, 0) is 24.2 Å². The Balaban J connectivity index is 2.35. The number of benzene rings is 1. The SMILES string of the molecule is COC(=O)CCN1C(=O)CS(=O)(=O)c2ccccc21. The van der Waals surface area contributed by atoms with E-state index >= 15 is 0 Å². The number of sulfone groups is 1. The number of carbonyl (C=O) groups is 2. The van der Waals surface area contributed by atoms with Crippen molar-refractivity contribution in [3.8, 4) is 0 Å². The number of carbonyl (C=O) groups excluding carboxylic acids is 2. The lowest BCUT2D eigenvalue weighted by atomic mass is 10.2. The van der Waals surface area contributed by atoms with Gasteiger partial charge in [0.05, 0.1) is 24.1 Å². The van der Waals surface area contributed by atoms with Crippen molar-refractivity contribution in [2.75, 3.05) is 24.3 Å². The zero-order valence-corrected chi connectivity index (χ0v) is 11.1. The zero-order valence-electron chi connectivity index (χ0n) is 10.3. The third-order valence-electron chi connectivity index (χ3n) is 2.87. The number of para-hydroxylation sites is 1. The topological polar surface area (TPSA) is 80.8 Å². The average molecular weight is 283 g/mol. The highest BCUT2D eigenvalue weighted by atomic mass is 32.2. The van der Waals surface area contributed by atoms with Gasteiger partial charge in [-0.3, -0.25) is 9.59 Å². The molecule has 19 heavy (non-hydrogen) atoms. The Morgan fingerprint density at radius 2 is 2.05 bits per heavy atom. The number of rotatable bonds is 3. The van der Waals surface area contributed by atoms with Crippen LogP contribution in [0.25, 0.3) is 0 Å². The van der Waals surface area contributed by atoms with E-state index in [9.17, 15) is 18.0 Å². The largest absolute Gasteiger partial charge is 0.469 e. The van der Waals surface area contributed by atoms with Crippen LogP contribution in [0.15, 0.2) is 29.2 Å². The predicted molar refractivity (Wildman–Crippen MR) is 67.5 cm³/mol. The molecule has 1 heterocycles. The minimum atomic E-state index is -3.58. The molecule has 0 saturated carbocycles. The molecule has 0 spiro atoms. The second-order valence-electron chi connectivity index (χ2n) is 4.10. The van der Waals surface area contributed by atoms with Crippen LogP contribution in [0.5, 0.6) is 0 Å². The van der Waals surface area contributed by atoms with Crippen molar-refractivity contribution >= 4 is 27.4 Å². The lowest BCUT2D eigenvalue weighted by molar-refractivity contribution is -0.140. The fourth-order valence-corrected chi connectivity index (χ4v) is 3.37. The van der Waals surface area contributed by atoms with Crippen LogP contribution in [0.3, 0.4) is 0 Å². The molecule has 0 atom stereocenters. The quantitative estimate of drug-likeness (QED) is 0.749. The van der Waals surface area contributed by atoms with Gasteiger partial charge in [0.2, 0.25) is 5.91 Å². The summed E-state index contributed by atoms with van der Waals surface area (Å²) in [5.74, 6) is -1.54. The molecule has 0 radical (unpaired) electrons. The fourth-order valence-electron chi connectivity index (χ4n) is 1.95. The average Bonchev–Trinajstić information content (AvgIpc) is 2.37. The molecule has 0 unspecified atom stereocenters. The molecule has 1 amide bonds. The summed E-state index contributed by atoms with van der Waals surface area (Å²) in [6, 6.07) is 6.27. The zero-order chi connectivity index (χ0) is 14.0. The van der Waals surface area contributed by atoms with Crippen molar-refractivity contribution in [1.29, 1.82) is 0 Å². The van der Waals surface area contributed by atoms with E-state index in [1.165, 1.54) is 18.1 Å². The molecule has 6 nitrogen and oxygen atoms in total. The van der Waals surface area contributed by atoms with Crippen molar-refractivity contribution in [1.82, 2.24) is 0 Å². The standard InChI is InChI=1S/C12H13NO5S/c1-18-12(15)6-7-13-9-4-2-3-5-10(9)19(16,17)8-11(13)14/h2-5H,6-8H2,1H3. The Bertz CT molecular complexity index is 623. The molecular formula is C12H13NO5S. The first-order chi connectivity index (χ1) is 8.95. The fraction of sp³-hybridized carbons (Fsp3) is 0.333. The molecule has 0 saturated heterocycles. The molecule has 0 aliphatic carbocycles. The summed E-state index contributed by atoms with van der Waals surface area (Å²) in [5, 5.41) is 0. The van der Waals surface area contributed by atoms with Crippen molar-refractivity contribution in [2.45, 2.75) is 11.3 Å². The summed E-state index contributed by atoms with van der Waals surface area (Å²) in [6.07, 6.45) is 0.0244. The first kappa shape index (κ1) is 13.5. The van der Waals surface area contributed by atoms with Crippen LogP contribution in [-0.4, -0.2) is 39.7 Å². The first-order valence-electron chi connectivity index (χ1n) is 5.64. The number of fused-ring (bicyclic) bond motifs is 1. The van der Waals surface area contributed by atoms with E-state index in [0.717, 1.165) is 0 Å². The minimum Gasteiger partial charge on any atom is -0.469 e. The highest BCUT2D eigenvalue weighted by Gasteiger charge is 2.34. The number of nitrogens with zero attached hydrogens (tertiary/aromatic N) is 1. The van der Waals surface area contributed by atoms with Gasteiger partial charge in [-0.1, -0.05) is 12.1 Å². The molecule has 0 fully saturated rings. The number of ether oxygens (including phenoxy) is 1. The summed E-state index contributed by atoms with van der Waals surface area (Å²) in [7, 11) is -2.31. The Kier molecular flexibility index (Phi) is 3.57. The van der Waals surface area contributed by atoms with Crippen LogP contribution in [0, 0.1) is 0 Å². The lowest BCUT2D eigenvalue weighted by Crippen LogP contribution is -2.42. The highest BCUT2D eigenvalue weighted by molar-refractivity contribution is 7.92. The molecule has 1 aliphatic rings. The third kappa shape index (κ3) is 2.60. The number of hydrogen-bond donors (Lipinski definition) is 0. The van der Waals surface area contributed by atoms with E-state index < -0.39 is 27.5 Å². The molecule has 0 bridgehead atoms. The highest BCUT2D eigenvalue weighted by Crippen LogP contribution is 2.30. The van der Waals surface area contributed by atoms with E-state index in [2.05, 4.69) is 4.74 Å². The summed E-state index contributed by atoms with van der Waals surface area (Å²) < 4.78 is 28.3. The maximum absolute atomic E-state index is 11.9. The molecule has 0 aromatic heterocycles. The number of anilines is 1. The van der Waals surface area contributed by atoms with E-state index in [-0.39, 0.29) is 17.9 Å². The molecule has 2 rings (SSSR count). The normalized spacial score (nSPS) is 16.9. The van der Waals surface area contributed by atoms with E-state index in [1.54, 1.807) is 18.2 Å². The Morgan fingerprint density at radius 3 is 2.74 bits per heavy atom. The second-order valence-corrected chi connectivity index (χ2v) is 6.06. The van der Waals surface area contributed by atoms with Crippen LogP contribution >= 0.6 is 0 Å². The van der Waals surface area contributed by atoms with Gasteiger partial charge in [-0.2, -0.15) is 0 Å². The minimum absolute atomic E-state index is 0.0244. The number of esters is 1. The van der Waals surface area contributed by atoms with Gasteiger partial charge in [0.1, 0.15) is 5.75 Å². The number of hydrogen-bond acceptors (Lipinski definition) is 5. The lowest BCUT2D eigenvalue weighted by Gasteiger charge is -2.28. The van der Waals surface area contributed by atoms with Gasteiger partial charge in [0.15, 0.2) is 9.84 Å². The molecular weight excluding hydrogens is 270 g/mol. The Labute approximate surface area is 110 Å². The monoisotopic (exact) mass is 283 g/mol. The summed E-state index contributed by atoms with van der Waals surface area (Å²) in [6.45, 7) is 0.109. The van der Waals surface area contributed by atoms with Gasteiger partial charge in [0.25, 0.3) is 0 Å². The van der Waals surface area contributed by atoms with Gasteiger partial charge < -0.3 is 9.64 Å². The van der Waals surface area contributed by atoms with Crippen molar-refractivity contribution < 1.29 is 22.7 Å². The van der Waals surface area contributed by atoms with Crippen LogP contribution in [0.2, 0.25) is 0 Å². The molecule has 102 valence electrons. The maximum Gasteiger partial charge on any atom is 0.307 e. The third-order valence-corrected chi connectivity index (χ3v) is 4.52. The Hall–Kier alpha value is -1.89. The van der Waals surface area contributed by atoms with Crippen LogP contribution < -0.4 is 4.90 Å². The molecule has 0 N–H and O–H groups in total. The van der Waals surface area contributed by atoms with E-state index in [4.69, 9.17) is 0 Å².